The van der Waals surface area contributed by atoms with Crippen molar-refractivity contribution in [3.63, 3.8) is 0 Å². The highest BCUT2D eigenvalue weighted by Crippen LogP contribution is 2.18. The average molecular weight is 310 g/mol. The van der Waals surface area contributed by atoms with Crippen molar-refractivity contribution in [3.8, 4) is 0 Å². The van der Waals surface area contributed by atoms with E-state index in [0.29, 0.717) is 11.7 Å². The van der Waals surface area contributed by atoms with Gasteiger partial charge in [-0.3, -0.25) is 4.79 Å². The predicted molar refractivity (Wildman–Crippen MR) is 90.3 cm³/mol. The minimum Gasteiger partial charge on any atom is -0.354 e. The van der Waals surface area contributed by atoms with Crippen molar-refractivity contribution >= 4 is 11.7 Å². The number of aromatic nitrogens is 2. The van der Waals surface area contributed by atoms with Gasteiger partial charge in [-0.2, -0.15) is 0 Å². The Morgan fingerprint density at radius 3 is 2.57 bits per heavy atom. The Bertz CT molecular complexity index is 636. The lowest BCUT2D eigenvalue weighted by Gasteiger charge is -2.18. The van der Waals surface area contributed by atoms with Crippen LogP contribution in [0.4, 0.5) is 5.82 Å². The molecule has 1 fully saturated rings. The number of nitrogens with one attached hydrogen (secondary N) is 1. The van der Waals surface area contributed by atoms with Crippen LogP contribution in [-0.2, 0) is 6.54 Å². The molecule has 1 aromatic heterocycles. The highest BCUT2D eigenvalue weighted by molar-refractivity contribution is 5.92. The van der Waals surface area contributed by atoms with E-state index in [0.717, 1.165) is 25.2 Å². The molecular formula is C18H22N4O. The van der Waals surface area contributed by atoms with Crippen LogP contribution >= 0.6 is 0 Å². The molecule has 1 aliphatic carbocycles. The minimum atomic E-state index is -0.123. The summed E-state index contributed by atoms with van der Waals surface area (Å²) in [6.07, 6.45) is 7.74. The van der Waals surface area contributed by atoms with Crippen LogP contribution in [0, 0.1) is 0 Å². The Morgan fingerprint density at radius 1 is 1.17 bits per heavy atom. The van der Waals surface area contributed by atoms with Crippen LogP contribution in [0.3, 0.4) is 0 Å². The molecule has 2 aromatic rings. The highest BCUT2D eigenvalue weighted by atomic mass is 16.1. The average Bonchev–Trinajstić information content (AvgIpc) is 3.09. The van der Waals surface area contributed by atoms with E-state index in [4.69, 9.17) is 0 Å². The maximum atomic E-state index is 12.1. The van der Waals surface area contributed by atoms with Gasteiger partial charge in [-0.05, 0) is 18.4 Å². The normalized spacial score (nSPS) is 14.7. The van der Waals surface area contributed by atoms with Gasteiger partial charge in [-0.15, -0.1) is 0 Å². The van der Waals surface area contributed by atoms with Gasteiger partial charge in [-0.25, -0.2) is 9.97 Å². The Morgan fingerprint density at radius 2 is 1.91 bits per heavy atom. The predicted octanol–water partition coefficient (Wildman–Crippen LogP) is 2.79. The second kappa shape index (κ2) is 7.22. The molecule has 5 nitrogen and oxygen atoms in total. The molecule has 0 saturated heterocycles. The van der Waals surface area contributed by atoms with Gasteiger partial charge < -0.3 is 10.2 Å². The van der Waals surface area contributed by atoms with E-state index in [2.05, 4.69) is 27.4 Å². The number of carbonyl (C=O) groups is 1. The first-order chi connectivity index (χ1) is 11.2. The number of benzene rings is 1. The van der Waals surface area contributed by atoms with Gasteiger partial charge in [0.05, 0.1) is 12.4 Å². The molecule has 23 heavy (non-hydrogen) atoms. The molecule has 1 aliphatic rings. The van der Waals surface area contributed by atoms with Crippen LogP contribution in [0.1, 0.15) is 41.7 Å². The van der Waals surface area contributed by atoms with Crippen molar-refractivity contribution in [2.45, 2.75) is 38.3 Å². The highest BCUT2D eigenvalue weighted by Gasteiger charge is 2.19. The SMILES string of the molecule is CN(Cc1ccccc1)c1cnc(C(=O)NC2CCCC2)cn1. The summed E-state index contributed by atoms with van der Waals surface area (Å²) in [5.74, 6) is 0.632. The molecule has 0 unspecified atom stereocenters. The largest absolute Gasteiger partial charge is 0.354 e. The molecular weight excluding hydrogens is 288 g/mol. The summed E-state index contributed by atoms with van der Waals surface area (Å²) in [5, 5.41) is 3.03. The van der Waals surface area contributed by atoms with E-state index < -0.39 is 0 Å². The van der Waals surface area contributed by atoms with E-state index in [1.807, 2.05) is 30.1 Å². The second-order valence-electron chi connectivity index (χ2n) is 6.06. The maximum Gasteiger partial charge on any atom is 0.271 e. The lowest BCUT2D eigenvalue weighted by molar-refractivity contribution is 0.0932. The number of nitrogens with zero attached hydrogens (tertiary/aromatic N) is 3. The number of amides is 1. The van der Waals surface area contributed by atoms with E-state index in [9.17, 15) is 4.79 Å². The summed E-state index contributed by atoms with van der Waals surface area (Å²) in [4.78, 5) is 22.8. The Labute approximate surface area is 136 Å². The van der Waals surface area contributed by atoms with Gasteiger partial charge >= 0.3 is 0 Å². The van der Waals surface area contributed by atoms with Crippen molar-refractivity contribution in [3.05, 3.63) is 54.0 Å². The number of hydrogen-bond donors (Lipinski definition) is 1. The third-order valence-electron chi connectivity index (χ3n) is 4.21. The fourth-order valence-corrected chi connectivity index (χ4v) is 2.90. The van der Waals surface area contributed by atoms with Crippen LogP contribution < -0.4 is 10.2 Å². The number of anilines is 1. The molecule has 0 aliphatic heterocycles. The monoisotopic (exact) mass is 310 g/mol. The first kappa shape index (κ1) is 15.5. The molecule has 1 amide bonds. The second-order valence-corrected chi connectivity index (χ2v) is 6.06. The lowest BCUT2D eigenvalue weighted by Crippen LogP contribution is -2.33. The van der Waals surface area contributed by atoms with Crippen LogP contribution in [-0.4, -0.2) is 29.0 Å². The van der Waals surface area contributed by atoms with E-state index >= 15 is 0 Å². The molecule has 1 heterocycles. The van der Waals surface area contributed by atoms with Gasteiger partial charge in [0, 0.05) is 19.6 Å². The molecule has 0 radical (unpaired) electrons. The topological polar surface area (TPSA) is 58.1 Å². The summed E-state index contributed by atoms with van der Waals surface area (Å²) >= 11 is 0. The molecule has 0 atom stereocenters. The summed E-state index contributed by atoms with van der Waals surface area (Å²) in [7, 11) is 1.97. The van der Waals surface area contributed by atoms with E-state index in [-0.39, 0.29) is 5.91 Å². The van der Waals surface area contributed by atoms with Crippen molar-refractivity contribution in [2.24, 2.45) is 0 Å². The van der Waals surface area contributed by atoms with Crippen molar-refractivity contribution < 1.29 is 4.79 Å². The quantitative estimate of drug-likeness (QED) is 0.922. The Balaban J connectivity index is 1.60. The Hall–Kier alpha value is -2.43. The van der Waals surface area contributed by atoms with Crippen molar-refractivity contribution in [2.75, 3.05) is 11.9 Å². The Kier molecular flexibility index (Phi) is 4.86. The van der Waals surface area contributed by atoms with Gasteiger partial charge in [0.25, 0.3) is 5.91 Å². The minimum absolute atomic E-state index is 0.123. The first-order valence-electron chi connectivity index (χ1n) is 8.10. The maximum absolute atomic E-state index is 12.1. The molecule has 0 bridgehead atoms. The van der Waals surface area contributed by atoms with Crippen LogP contribution in [0.2, 0.25) is 0 Å². The lowest BCUT2D eigenvalue weighted by atomic mass is 10.2. The molecule has 1 N–H and O–H groups in total. The van der Waals surface area contributed by atoms with E-state index in [1.54, 1.807) is 12.4 Å². The molecule has 5 heteroatoms. The molecule has 1 aromatic carbocycles. The zero-order valence-electron chi connectivity index (χ0n) is 13.4. The molecule has 0 spiro atoms. The standard InChI is InChI=1S/C18H22N4O/c1-22(13-14-7-3-2-4-8-14)17-12-19-16(11-20-17)18(23)21-15-9-5-6-10-15/h2-4,7-8,11-12,15H,5-6,9-10,13H2,1H3,(H,21,23). The zero-order valence-corrected chi connectivity index (χ0v) is 13.4. The molecule has 1 saturated carbocycles. The summed E-state index contributed by atoms with van der Waals surface area (Å²) < 4.78 is 0. The van der Waals surface area contributed by atoms with Crippen LogP contribution in [0.25, 0.3) is 0 Å². The van der Waals surface area contributed by atoms with Gasteiger partial charge in [0.15, 0.2) is 0 Å². The number of rotatable bonds is 5. The zero-order chi connectivity index (χ0) is 16.1. The van der Waals surface area contributed by atoms with Gasteiger partial charge in [0.2, 0.25) is 0 Å². The first-order valence-corrected chi connectivity index (χ1v) is 8.10. The van der Waals surface area contributed by atoms with E-state index in [1.165, 1.54) is 18.4 Å². The van der Waals surface area contributed by atoms with Gasteiger partial charge in [0.1, 0.15) is 11.5 Å². The summed E-state index contributed by atoms with van der Waals surface area (Å²) in [6, 6.07) is 10.5. The number of hydrogen-bond acceptors (Lipinski definition) is 4. The fraction of sp³-hybridized carbons (Fsp3) is 0.389. The van der Waals surface area contributed by atoms with Crippen molar-refractivity contribution in [1.29, 1.82) is 0 Å². The van der Waals surface area contributed by atoms with Crippen LogP contribution in [0.15, 0.2) is 42.7 Å². The van der Waals surface area contributed by atoms with Crippen LogP contribution in [0.5, 0.6) is 0 Å². The third-order valence-corrected chi connectivity index (χ3v) is 4.21. The number of carbonyl (C=O) groups excluding carboxylic acids is 1. The third kappa shape index (κ3) is 4.06. The smallest absolute Gasteiger partial charge is 0.271 e. The summed E-state index contributed by atoms with van der Waals surface area (Å²) in [6.45, 7) is 0.753. The molecule has 3 rings (SSSR count). The summed E-state index contributed by atoms with van der Waals surface area (Å²) in [5.41, 5.74) is 1.59. The molecule has 120 valence electrons. The fourth-order valence-electron chi connectivity index (χ4n) is 2.90. The van der Waals surface area contributed by atoms with Gasteiger partial charge in [-0.1, -0.05) is 43.2 Å². The van der Waals surface area contributed by atoms with Crippen molar-refractivity contribution in [1.82, 2.24) is 15.3 Å².